The second-order valence-electron chi connectivity index (χ2n) is 7.15. The molecule has 0 atom stereocenters. The van der Waals surface area contributed by atoms with Gasteiger partial charge in [-0.15, -0.1) is 11.3 Å². The lowest BCUT2D eigenvalue weighted by atomic mass is 10.1. The number of aryl methyl sites for hydroxylation is 1. The first-order valence-electron chi connectivity index (χ1n) is 10.2. The number of rotatable bonds is 6. The van der Waals surface area contributed by atoms with Crippen molar-refractivity contribution >= 4 is 40.0 Å². The highest BCUT2D eigenvalue weighted by Gasteiger charge is 2.33. The second-order valence-corrected chi connectivity index (χ2v) is 8.25. The van der Waals surface area contributed by atoms with Crippen molar-refractivity contribution in [1.82, 2.24) is 9.80 Å². The van der Waals surface area contributed by atoms with E-state index in [-0.39, 0.29) is 13.2 Å². The summed E-state index contributed by atoms with van der Waals surface area (Å²) in [7, 11) is 0. The van der Waals surface area contributed by atoms with Crippen LogP contribution < -0.4 is 5.32 Å². The summed E-state index contributed by atoms with van der Waals surface area (Å²) in [6.07, 6.45) is 4.85. The molecule has 0 radical (unpaired) electrons. The largest absolute Gasteiger partial charge is 0.462 e. The van der Waals surface area contributed by atoms with Gasteiger partial charge in [0.2, 0.25) is 5.91 Å². The van der Waals surface area contributed by atoms with E-state index in [1.807, 2.05) is 6.92 Å². The molecule has 1 aromatic heterocycles. The summed E-state index contributed by atoms with van der Waals surface area (Å²) in [6.45, 7) is 4.80. The lowest BCUT2D eigenvalue weighted by molar-refractivity contribution is -0.156. The standard InChI is InChI=1S/C20H27N3O5S/c1-3-22-10-11-23(19(26)18(22)25)12-15(24)21-17-16(20(27)28-4-2)13-8-6-5-7-9-14(13)29-17/h3-12H2,1-2H3,(H,21,24). The molecule has 29 heavy (non-hydrogen) atoms. The van der Waals surface area contributed by atoms with Crippen molar-refractivity contribution in [2.24, 2.45) is 0 Å². The molecule has 2 aliphatic rings. The van der Waals surface area contributed by atoms with Gasteiger partial charge in [0.05, 0.1) is 12.2 Å². The third-order valence-corrected chi connectivity index (χ3v) is 6.47. The number of ether oxygens (including phenoxy) is 1. The summed E-state index contributed by atoms with van der Waals surface area (Å²) >= 11 is 1.41. The van der Waals surface area contributed by atoms with Crippen molar-refractivity contribution in [3.8, 4) is 0 Å². The van der Waals surface area contributed by atoms with Gasteiger partial charge < -0.3 is 19.9 Å². The number of amides is 3. The number of esters is 1. The molecule has 0 spiro atoms. The number of nitrogens with one attached hydrogen (secondary N) is 1. The van der Waals surface area contributed by atoms with Crippen molar-refractivity contribution in [2.45, 2.75) is 46.0 Å². The smallest absolute Gasteiger partial charge is 0.341 e. The number of likely N-dealkylation sites (N-methyl/N-ethyl adjacent to an activating group) is 1. The van der Waals surface area contributed by atoms with Crippen molar-refractivity contribution in [3.63, 3.8) is 0 Å². The van der Waals surface area contributed by atoms with E-state index in [9.17, 15) is 19.2 Å². The summed E-state index contributed by atoms with van der Waals surface area (Å²) < 4.78 is 5.22. The zero-order valence-electron chi connectivity index (χ0n) is 16.9. The Bertz CT molecular complexity index is 819. The van der Waals surface area contributed by atoms with Crippen LogP contribution in [-0.4, -0.2) is 66.3 Å². The number of thiophene rings is 1. The first kappa shape index (κ1) is 21.3. The number of carbonyl (C=O) groups excluding carboxylic acids is 4. The van der Waals surface area contributed by atoms with E-state index in [0.717, 1.165) is 42.5 Å². The van der Waals surface area contributed by atoms with Crippen molar-refractivity contribution in [2.75, 3.05) is 38.1 Å². The minimum absolute atomic E-state index is 0.215. The Labute approximate surface area is 174 Å². The van der Waals surface area contributed by atoms with E-state index in [2.05, 4.69) is 5.32 Å². The molecule has 1 aliphatic heterocycles. The second kappa shape index (κ2) is 9.39. The van der Waals surface area contributed by atoms with E-state index in [4.69, 9.17) is 4.74 Å². The van der Waals surface area contributed by atoms with E-state index >= 15 is 0 Å². The number of carbonyl (C=O) groups is 4. The van der Waals surface area contributed by atoms with Crippen LogP contribution in [0.1, 0.15) is 53.9 Å². The van der Waals surface area contributed by atoms with Gasteiger partial charge in [-0.25, -0.2) is 4.79 Å². The van der Waals surface area contributed by atoms with E-state index < -0.39 is 23.7 Å². The number of hydrogen-bond donors (Lipinski definition) is 1. The summed E-state index contributed by atoms with van der Waals surface area (Å²) in [5.74, 6) is -2.09. The quantitative estimate of drug-likeness (QED) is 0.429. The van der Waals surface area contributed by atoms with Crippen LogP contribution in [0.3, 0.4) is 0 Å². The number of anilines is 1. The van der Waals surface area contributed by atoms with Crippen LogP contribution in [-0.2, 0) is 32.0 Å². The molecule has 1 fully saturated rings. The van der Waals surface area contributed by atoms with Gasteiger partial charge in [-0.1, -0.05) is 6.42 Å². The van der Waals surface area contributed by atoms with Crippen LogP contribution in [0.5, 0.6) is 0 Å². The number of hydrogen-bond acceptors (Lipinski definition) is 6. The Kier molecular flexibility index (Phi) is 6.89. The maximum absolute atomic E-state index is 12.6. The van der Waals surface area contributed by atoms with Crippen LogP contribution >= 0.6 is 11.3 Å². The Hall–Kier alpha value is -2.42. The molecule has 3 amide bonds. The fraction of sp³-hybridized carbons (Fsp3) is 0.600. The molecule has 1 aliphatic carbocycles. The van der Waals surface area contributed by atoms with Gasteiger partial charge in [-0.3, -0.25) is 14.4 Å². The molecule has 1 aromatic rings. The summed E-state index contributed by atoms with van der Waals surface area (Å²) in [5, 5.41) is 3.27. The fourth-order valence-electron chi connectivity index (χ4n) is 3.76. The molecular weight excluding hydrogens is 394 g/mol. The van der Waals surface area contributed by atoms with Crippen LogP contribution in [0.4, 0.5) is 5.00 Å². The first-order chi connectivity index (χ1) is 14.0. The third kappa shape index (κ3) is 4.60. The highest BCUT2D eigenvalue weighted by molar-refractivity contribution is 7.17. The fourth-order valence-corrected chi connectivity index (χ4v) is 5.05. The molecular formula is C20H27N3O5S. The maximum Gasteiger partial charge on any atom is 0.341 e. The average Bonchev–Trinajstić information content (AvgIpc) is 2.86. The predicted octanol–water partition coefficient (Wildman–Crippen LogP) is 1.82. The van der Waals surface area contributed by atoms with E-state index in [1.54, 1.807) is 6.92 Å². The highest BCUT2D eigenvalue weighted by atomic mass is 32.1. The molecule has 0 aromatic carbocycles. The predicted molar refractivity (Wildman–Crippen MR) is 109 cm³/mol. The molecule has 1 N–H and O–H groups in total. The SMILES string of the molecule is CCOC(=O)c1c(NC(=O)CN2CCN(CC)C(=O)C2=O)sc2c1CCCCC2. The molecule has 0 bridgehead atoms. The van der Waals surface area contributed by atoms with Gasteiger partial charge in [0.25, 0.3) is 0 Å². The van der Waals surface area contributed by atoms with Gasteiger partial charge >= 0.3 is 17.8 Å². The van der Waals surface area contributed by atoms with Gasteiger partial charge in [0.1, 0.15) is 11.5 Å². The normalized spacial score (nSPS) is 17.0. The summed E-state index contributed by atoms with van der Waals surface area (Å²) in [5.41, 5.74) is 1.42. The van der Waals surface area contributed by atoms with Gasteiger partial charge in [0.15, 0.2) is 0 Å². The summed E-state index contributed by atoms with van der Waals surface area (Å²) in [4.78, 5) is 53.3. The minimum Gasteiger partial charge on any atom is -0.462 e. The van der Waals surface area contributed by atoms with Crippen LogP contribution in [0.2, 0.25) is 0 Å². The number of fused-ring (bicyclic) bond motifs is 1. The molecule has 0 saturated carbocycles. The van der Waals surface area contributed by atoms with E-state index in [0.29, 0.717) is 30.2 Å². The Morgan fingerprint density at radius 1 is 1.03 bits per heavy atom. The zero-order chi connectivity index (χ0) is 21.0. The molecule has 0 unspecified atom stereocenters. The molecule has 2 heterocycles. The molecule has 3 rings (SSSR count). The average molecular weight is 422 g/mol. The molecule has 8 nitrogen and oxygen atoms in total. The van der Waals surface area contributed by atoms with Crippen LogP contribution in [0.15, 0.2) is 0 Å². The monoisotopic (exact) mass is 421 g/mol. The van der Waals surface area contributed by atoms with Crippen molar-refractivity contribution in [1.29, 1.82) is 0 Å². The first-order valence-corrected chi connectivity index (χ1v) is 11.0. The third-order valence-electron chi connectivity index (χ3n) is 5.27. The van der Waals surface area contributed by atoms with Gasteiger partial charge in [0, 0.05) is 24.5 Å². The number of nitrogens with zero attached hydrogens (tertiary/aromatic N) is 2. The lowest BCUT2D eigenvalue weighted by Crippen LogP contribution is -2.55. The zero-order valence-corrected chi connectivity index (χ0v) is 17.7. The Balaban J connectivity index is 1.75. The van der Waals surface area contributed by atoms with Crippen molar-refractivity contribution < 1.29 is 23.9 Å². The van der Waals surface area contributed by atoms with Crippen molar-refractivity contribution in [3.05, 3.63) is 16.0 Å². The lowest BCUT2D eigenvalue weighted by Gasteiger charge is -2.32. The molecule has 1 saturated heterocycles. The van der Waals surface area contributed by atoms with Gasteiger partial charge in [-0.05, 0) is 45.1 Å². The summed E-state index contributed by atoms with van der Waals surface area (Å²) in [6, 6.07) is 0. The van der Waals surface area contributed by atoms with E-state index in [1.165, 1.54) is 21.1 Å². The Morgan fingerprint density at radius 3 is 2.45 bits per heavy atom. The minimum atomic E-state index is -0.666. The Morgan fingerprint density at radius 2 is 1.72 bits per heavy atom. The van der Waals surface area contributed by atoms with Gasteiger partial charge in [-0.2, -0.15) is 0 Å². The molecule has 158 valence electrons. The molecule has 9 heteroatoms. The topological polar surface area (TPSA) is 96.0 Å². The maximum atomic E-state index is 12.6. The number of piperazine rings is 1. The van der Waals surface area contributed by atoms with Crippen LogP contribution in [0, 0.1) is 0 Å². The van der Waals surface area contributed by atoms with Crippen LogP contribution in [0.25, 0.3) is 0 Å². The highest BCUT2D eigenvalue weighted by Crippen LogP contribution is 2.38.